The first-order chi connectivity index (χ1) is 6.19. The van der Waals surface area contributed by atoms with Crippen LogP contribution in [0.3, 0.4) is 0 Å². The molecule has 1 heterocycles. The SMILES string of the molecule is O[C@H]1[C@H](O)CNC2(CC2)[C@@H]1/C=C\F. The fraction of sp³-hybridized carbons (Fsp3) is 0.778. The molecule has 1 saturated heterocycles. The Morgan fingerprint density at radius 2 is 2.08 bits per heavy atom. The highest BCUT2D eigenvalue weighted by atomic mass is 19.1. The van der Waals surface area contributed by atoms with Gasteiger partial charge in [0.1, 0.15) is 0 Å². The zero-order chi connectivity index (χ0) is 9.47. The number of piperidine rings is 1. The third-order valence-corrected chi connectivity index (χ3v) is 3.13. The molecule has 0 aromatic carbocycles. The molecule has 3 atom stereocenters. The van der Waals surface area contributed by atoms with Crippen molar-refractivity contribution >= 4 is 0 Å². The first kappa shape index (κ1) is 9.12. The number of hydrogen-bond donors (Lipinski definition) is 3. The van der Waals surface area contributed by atoms with Gasteiger partial charge in [-0.2, -0.15) is 0 Å². The second kappa shape index (κ2) is 3.04. The van der Waals surface area contributed by atoms with Gasteiger partial charge in [0.2, 0.25) is 0 Å². The Bertz CT molecular complexity index is 228. The van der Waals surface area contributed by atoms with E-state index in [1.54, 1.807) is 0 Å². The molecular formula is C9H14FNO2. The zero-order valence-electron chi connectivity index (χ0n) is 7.28. The molecule has 0 aromatic rings. The van der Waals surface area contributed by atoms with Crippen LogP contribution in [0, 0.1) is 5.92 Å². The van der Waals surface area contributed by atoms with E-state index in [-0.39, 0.29) is 11.5 Å². The molecule has 74 valence electrons. The van der Waals surface area contributed by atoms with Crippen molar-refractivity contribution in [2.45, 2.75) is 30.6 Å². The molecule has 1 aliphatic carbocycles. The summed E-state index contributed by atoms with van der Waals surface area (Å²) in [5.41, 5.74) is -0.138. The molecule has 3 nitrogen and oxygen atoms in total. The monoisotopic (exact) mass is 187 g/mol. The van der Waals surface area contributed by atoms with Gasteiger partial charge in [0.05, 0.1) is 18.5 Å². The lowest BCUT2D eigenvalue weighted by Crippen LogP contribution is -2.57. The second-order valence-corrected chi connectivity index (χ2v) is 3.94. The first-order valence-electron chi connectivity index (χ1n) is 4.58. The first-order valence-corrected chi connectivity index (χ1v) is 4.58. The molecule has 0 radical (unpaired) electrons. The highest BCUT2D eigenvalue weighted by Gasteiger charge is 2.54. The highest BCUT2D eigenvalue weighted by Crippen LogP contribution is 2.46. The van der Waals surface area contributed by atoms with E-state index in [0.29, 0.717) is 12.9 Å². The molecule has 0 unspecified atom stereocenters. The van der Waals surface area contributed by atoms with Gasteiger partial charge < -0.3 is 15.5 Å². The zero-order valence-corrected chi connectivity index (χ0v) is 7.28. The van der Waals surface area contributed by atoms with Crippen LogP contribution in [0.15, 0.2) is 12.4 Å². The largest absolute Gasteiger partial charge is 0.390 e. The molecule has 13 heavy (non-hydrogen) atoms. The third-order valence-electron chi connectivity index (χ3n) is 3.13. The summed E-state index contributed by atoms with van der Waals surface area (Å²) in [6.45, 7) is 0.401. The van der Waals surface area contributed by atoms with E-state index >= 15 is 0 Å². The van der Waals surface area contributed by atoms with Gasteiger partial charge in [0.15, 0.2) is 0 Å². The summed E-state index contributed by atoms with van der Waals surface area (Å²) in [6.07, 6.45) is 2.07. The molecular weight excluding hydrogens is 173 g/mol. The minimum atomic E-state index is -0.837. The van der Waals surface area contributed by atoms with Crippen molar-refractivity contribution < 1.29 is 14.6 Å². The average Bonchev–Trinajstić information content (AvgIpc) is 2.88. The van der Waals surface area contributed by atoms with Crippen LogP contribution >= 0.6 is 0 Å². The molecule has 1 aliphatic heterocycles. The van der Waals surface area contributed by atoms with Crippen molar-refractivity contribution in [1.82, 2.24) is 5.32 Å². The van der Waals surface area contributed by atoms with Gasteiger partial charge >= 0.3 is 0 Å². The smallest absolute Gasteiger partial charge is 0.0929 e. The van der Waals surface area contributed by atoms with Gasteiger partial charge in [-0.1, -0.05) is 0 Å². The van der Waals surface area contributed by atoms with Crippen LogP contribution in [0.25, 0.3) is 0 Å². The van der Waals surface area contributed by atoms with Crippen molar-refractivity contribution in [3.8, 4) is 0 Å². The third kappa shape index (κ3) is 1.39. The highest BCUT2D eigenvalue weighted by molar-refractivity contribution is 5.17. The Morgan fingerprint density at radius 1 is 1.38 bits per heavy atom. The Balaban J connectivity index is 2.15. The van der Waals surface area contributed by atoms with Gasteiger partial charge in [0.25, 0.3) is 0 Å². The molecule has 2 aliphatic rings. The Morgan fingerprint density at radius 3 is 2.62 bits per heavy atom. The van der Waals surface area contributed by atoms with Crippen LogP contribution in [-0.4, -0.2) is 34.5 Å². The minimum absolute atomic E-state index is 0.138. The molecule has 0 amide bonds. The minimum Gasteiger partial charge on any atom is -0.390 e. The van der Waals surface area contributed by atoms with Gasteiger partial charge in [0, 0.05) is 18.0 Å². The molecule has 2 rings (SSSR count). The standard InChI is InChI=1S/C9H14FNO2/c10-4-1-6-8(13)7(12)5-11-9(6)2-3-9/h1,4,6-8,11-13H,2-3,5H2/b4-1-/t6-,7-,8-/m1/s1. The number of aliphatic hydroxyl groups excluding tert-OH is 2. The van der Waals surface area contributed by atoms with Gasteiger partial charge in [-0.05, 0) is 18.9 Å². The van der Waals surface area contributed by atoms with E-state index in [9.17, 15) is 14.6 Å². The summed E-state index contributed by atoms with van der Waals surface area (Å²) >= 11 is 0. The summed E-state index contributed by atoms with van der Waals surface area (Å²) in [5, 5.41) is 22.2. The van der Waals surface area contributed by atoms with Crippen molar-refractivity contribution in [3.05, 3.63) is 12.4 Å². The number of rotatable bonds is 1. The lowest BCUT2D eigenvalue weighted by molar-refractivity contribution is -0.0424. The van der Waals surface area contributed by atoms with Crippen molar-refractivity contribution in [3.63, 3.8) is 0 Å². The number of β-amino-alcohol motifs (C(OH)–C–C–N with tert-alkyl or cyclic N) is 1. The van der Waals surface area contributed by atoms with Crippen molar-refractivity contribution in [2.24, 2.45) is 5.92 Å². The van der Waals surface area contributed by atoms with E-state index in [4.69, 9.17) is 0 Å². The summed E-state index contributed by atoms with van der Waals surface area (Å²) in [6, 6.07) is 0. The molecule has 0 aromatic heterocycles. The lowest BCUT2D eigenvalue weighted by Gasteiger charge is -2.38. The molecule has 1 saturated carbocycles. The van der Waals surface area contributed by atoms with E-state index in [2.05, 4.69) is 5.32 Å². The maximum absolute atomic E-state index is 12.0. The van der Waals surface area contributed by atoms with Gasteiger partial charge in [-0.3, -0.25) is 0 Å². The molecule has 3 N–H and O–H groups in total. The maximum atomic E-state index is 12.0. The lowest BCUT2D eigenvalue weighted by atomic mass is 9.84. The fourth-order valence-corrected chi connectivity index (χ4v) is 2.13. The average molecular weight is 187 g/mol. The van der Waals surface area contributed by atoms with Crippen molar-refractivity contribution in [2.75, 3.05) is 6.54 Å². The molecule has 1 spiro atoms. The van der Waals surface area contributed by atoms with Gasteiger partial charge in [-0.15, -0.1) is 0 Å². The van der Waals surface area contributed by atoms with E-state index in [1.807, 2.05) is 0 Å². The predicted molar refractivity (Wildman–Crippen MR) is 45.7 cm³/mol. The summed E-state index contributed by atoms with van der Waals surface area (Å²) < 4.78 is 12.0. The Hall–Kier alpha value is -0.450. The van der Waals surface area contributed by atoms with Crippen LogP contribution in [0.5, 0.6) is 0 Å². The van der Waals surface area contributed by atoms with E-state index in [0.717, 1.165) is 12.8 Å². The van der Waals surface area contributed by atoms with Crippen LogP contribution in [0.1, 0.15) is 12.8 Å². The normalized spacial score (nSPS) is 42.8. The van der Waals surface area contributed by atoms with E-state index in [1.165, 1.54) is 6.08 Å². The number of hydrogen-bond acceptors (Lipinski definition) is 3. The van der Waals surface area contributed by atoms with Crippen LogP contribution in [0.4, 0.5) is 4.39 Å². The Labute approximate surface area is 76.3 Å². The second-order valence-electron chi connectivity index (χ2n) is 3.94. The van der Waals surface area contributed by atoms with Crippen molar-refractivity contribution in [1.29, 1.82) is 0 Å². The van der Waals surface area contributed by atoms with Crippen LogP contribution in [0.2, 0.25) is 0 Å². The van der Waals surface area contributed by atoms with Crippen LogP contribution in [-0.2, 0) is 0 Å². The quantitative estimate of drug-likeness (QED) is 0.539. The topological polar surface area (TPSA) is 52.5 Å². The molecule has 4 heteroatoms. The maximum Gasteiger partial charge on any atom is 0.0929 e. The van der Waals surface area contributed by atoms with E-state index < -0.39 is 12.2 Å². The fourth-order valence-electron chi connectivity index (χ4n) is 2.13. The number of halogens is 1. The molecule has 0 bridgehead atoms. The number of aliphatic hydroxyl groups is 2. The number of nitrogens with one attached hydrogen (secondary N) is 1. The summed E-state index contributed by atoms with van der Waals surface area (Å²) in [7, 11) is 0. The Kier molecular flexibility index (Phi) is 2.14. The van der Waals surface area contributed by atoms with Gasteiger partial charge in [-0.25, -0.2) is 4.39 Å². The summed E-state index contributed by atoms with van der Waals surface area (Å²) in [4.78, 5) is 0. The summed E-state index contributed by atoms with van der Waals surface area (Å²) in [5.74, 6) is -0.291. The van der Waals surface area contributed by atoms with Crippen LogP contribution < -0.4 is 5.32 Å². The molecule has 2 fully saturated rings. The predicted octanol–water partition coefficient (Wildman–Crippen LogP) is -0.0566.